The van der Waals surface area contributed by atoms with Gasteiger partial charge in [0.15, 0.2) is 0 Å². The van der Waals surface area contributed by atoms with Crippen LogP contribution in [0.4, 0.5) is 0 Å². The van der Waals surface area contributed by atoms with Crippen LogP contribution in [0.5, 0.6) is 0 Å². The molecule has 1 aromatic carbocycles. The number of hydrogen-bond donors (Lipinski definition) is 1. The van der Waals surface area contributed by atoms with Gasteiger partial charge in [0.2, 0.25) is 0 Å². The monoisotopic (exact) mass is 206 g/mol. The summed E-state index contributed by atoms with van der Waals surface area (Å²) < 4.78 is 5.36. The minimum Gasteiger partial charge on any atom is -0.411 e. The summed E-state index contributed by atoms with van der Waals surface area (Å²) in [6.45, 7) is 3.76. The maximum atomic E-state index is 8.73. The Bertz CT molecular complexity index is 502. The van der Waals surface area contributed by atoms with E-state index in [0.717, 1.165) is 21.3 Å². The highest BCUT2D eigenvalue weighted by Crippen LogP contribution is 2.26. The maximum absolute atomic E-state index is 8.73. The van der Waals surface area contributed by atoms with Crippen LogP contribution in [0.1, 0.15) is 18.2 Å². The standard InChI is InChI=1S/C10H10N2OS/c1-6(11-13)8-4-3-5-9-7(2)12-14-10(8)9/h3-5,13H,1-2H3/b11-6-. The van der Waals surface area contributed by atoms with Crippen molar-refractivity contribution < 1.29 is 5.21 Å². The molecule has 2 aromatic rings. The van der Waals surface area contributed by atoms with E-state index in [0.29, 0.717) is 5.71 Å². The molecule has 0 aliphatic rings. The van der Waals surface area contributed by atoms with Crippen LogP contribution in [-0.2, 0) is 0 Å². The van der Waals surface area contributed by atoms with Crippen LogP contribution in [0.25, 0.3) is 10.1 Å². The fourth-order valence-electron chi connectivity index (χ4n) is 1.42. The molecule has 72 valence electrons. The van der Waals surface area contributed by atoms with Crippen LogP contribution in [0.15, 0.2) is 23.4 Å². The van der Waals surface area contributed by atoms with Crippen LogP contribution in [0, 0.1) is 6.92 Å². The van der Waals surface area contributed by atoms with E-state index in [1.54, 1.807) is 6.92 Å². The van der Waals surface area contributed by atoms with Gasteiger partial charge in [-0.2, -0.15) is 4.37 Å². The number of aryl methyl sites for hydroxylation is 1. The zero-order chi connectivity index (χ0) is 10.1. The molecule has 0 fully saturated rings. The van der Waals surface area contributed by atoms with Crippen molar-refractivity contribution in [2.24, 2.45) is 5.16 Å². The second-order valence-electron chi connectivity index (χ2n) is 3.14. The van der Waals surface area contributed by atoms with E-state index in [-0.39, 0.29) is 0 Å². The molecule has 0 aliphatic carbocycles. The smallest absolute Gasteiger partial charge is 0.0851 e. The first-order valence-electron chi connectivity index (χ1n) is 4.28. The van der Waals surface area contributed by atoms with Gasteiger partial charge in [-0.3, -0.25) is 0 Å². The van der Waals surface area contributed by atoms with Gasteiger partial charge in [0.25, 0.3) is 0 Å². The SMILES string of the molecule is C/C(=N/O)c1cccc2c(C)nsc12. The summed E-state index contributed by atoms with van der Waals surface area (Å²) in [4.78, 5) is 0. The summed E-state index contributed by atoms with van der Waals surface area (Å²) in [5.74, 6) is 0. The Hall–Kier alpha value is -1.42. The third-order valence-electron chi connectivity index (χ3n) is 2.22. The van der Waals surface area contributed by atoms with E-state index in [9.17, 15) is 0 Å². The lowest BCUT2D eigenvalue weighted by molar-refractivity contribution is 0.319. The van der Waals surface area contributed by atoms with Crippen molar-refractivity contribution in [1.29, 1.82) is 0 Å². The summed E-state index contributed by atoms with van der Waals surface area (Å²) in [5, 5.41) is 13.1. The lowest BCUT2D eigenvalue weighted by Gasteiger charge is -1.99. The van der Waals surface area contributed by atoms with Crippen molar-refractivity contribution in [1.82, 2.24) is 4.37 Å². The molecular weight excluding hydrogens is 196 g/mol. The Morgan fingerprint density at radius 1 is 1.50 bits per heavy atom. The lowest BCUT2D eigenvalue weighted by Crippen LogP contribution is -1.93. The third-order valence-corrected chi connectivity index (χ3v) is 3.21. The molecule has 0 amide bonds. The van der Waals surface area contributed by atoms with Crippen molar-refractivity contribution in [3.8, 4) is 0 Å². The molecule has 0 spiro atoms. The van der Waals surface area contributed by atoms with Gasteiger partial charge in [-0.05, 0) is 25.4 Å². The first kappa shape index (κ1) is 9.15. The molecule has 0 saturated carbocycles. The average Bonchev–Trinajstić information content (AvgIpc) is 2.59. The highest BCUT2D eigenvalue weighted by atomic mass is 32.1. The molecule has 0 atom stereocenters. The molecule has 3 nitrogen and oxygen atoms in total. The highest BCUT2D eigenvalue weighted by Gasteiger charge is 2.08. The molecule has 1 heterocycles. The second kappa shape index (κ2) is 3.38. The fraction of sp³-hybridized carbons (Fsp3) is 0.200. The van der Waals surface area contributed by atoms with Gasteiger partial charge < -0.3 is 5.21 Å². The predicted octanol–water partition coefficient (Wildman–Crippen LogP) is 2.80. The van der Waals surface area contributed by atoms with Crippen LogP contribution in [0.3, 0.4) is 0 Å². The Kier molecular flexibility index (Phi) is 2.21. The zero-order valence-corrected chi connectivity index (χ0v) is 8.80. The van der Waals surface area contributed by atoms with E-state index >= 15 is 0 Å². The molecule has 0 saturated heterocycles. The zero-order valence-electron chi connectivity index (χ0n) is 7.98. The average molecular weight is 206 g/mol. The number of aromatic nitrogens is 1. The minimum atomic E-state index is 0.624. The Balaban J connectivity index is 2.78. The second-order valence-corrected chi connectivity index (χ2v) is 3.91. The Morgan fingerprint density at radius 3 is 3.00 bits per heavy atom. The number of hydrogen-bond acceptors (Lipinski definition) is 4. The summed E-state index contributed by atoms with van der Waals surface area (Å²) >= 11 is 1.44. The van der Waals surface area contributed by atoms with E-state index in [2.05, 4.69) is 9.53 Å². The number of oxime groups is 1. The molecule has 4 heteroatoms. The summed E-state index contributed by atoms with van der Waals surface area (Å²) in [6.07, 6.45) is 0. The molecule has 0 radical (unpaired) electrons. The molecule has 1 aromatic heterocycles. The Labute approximate surface area is 85.9 Å². The molecular formula is C10H10N2OS. The molecule has 14 heavy (non-hydrogen) atoms. The Morgan fingerprint density at radius 2 is 2.29 bits per heavy atom. The molecule has 2 rings (SSSR count). The van der Waals surface area contributed by atoms with Crippen LogP contribution in [0.2, 0.25) is 0 Å². The topological polar surface area (TPSA) is 45.5 Å². The van der Waals surface area contributed by atoms with Crippen molar-refractivity contribution in [3.05, 3.63) is 29.5 Å². The van der Waals surface area contributed by atoms with Crippen molar-refractivity contribution >= 4 is 27.3 Å². The predicted molar refractivity (Wildman–Crippen MR) is 58.4 cm³/mol. The molecule has 0 aliphatic heterocycles. The number of nitrogens with zero attached hydrogens (tertiary/aromatic N) is 2. The first-order chi connectivity index (χ1) is 6.74. The summed E-state index contributed by atoms with van der Waals surface area (Å²) in [6, 6.07) is 5.92. The van der Waals surface area contributed by atoms with Crippen LogP contribution >= 0.6 is 11.5 Å². The highest BCUT2D eigenvalue weighted by molar-refractivity contribution is 7.13. The largest absolute Gasteiger partial charge is 0.411 e. The third kappa shape index (κ3) is 1.28. The van der Waals surface area contributed by atoms with Gasteiger partial charge in [-0.25, -0.2) is 0 Å². The quantitative estimate of drug-likeness (QED) is 0.443. The number of benzene rings is 1. The van der Waals surface area contributed by atoms with E-state index in [4.69, 9.17) is 5.21 Å². The molecule has 0 unspecified atom stereocenters. The lowest BCUT2D eigenvalue weighted by atomic mass is 10.1. The molecule has 1 N–H and O–H groups in total. The first-order valence-corrected chi connectivity index (χ1v) is 5.05. The van der Waals surface area contributed by atoms with Gasteiger partial charge in [0, 0.05) is 10.9 Å². The van der Waals surface area contributed by atoms with Gasteiger partial charge in [0.1, 0.15) is 0 Å². The number of rotatable bonds is 1. The van der Waals surface area contributed by atoms with E-state index in [1.807, 2.05) is 25.1 Å². The van der Waals surface area contributed by atoms with Gasteiger partial charge >= 0.3 is 0 Å². The minimum absolute atomic E-state index is 0.624. The van der Waals surface area contributed by atoms with Crippen LogP contribution in [-0.4, -0.2) is 15.3 Å². The summed E-state index contributed by atoms with van der Waals surface area (Å²) in [7, 11) is 0. The maximum Gasteiger partial charge on any atom is 0.0851 e. The van der Waals surface area contributed by atoms with E-state index < -0.39 is 0 Å². The molecule has 0 bridgehead atoms. The summed E-state index contributed by atoms with van der Waals surface area (Å²) in [5.41, 5.74) is 2.60. The van der Waals surface area contributed by atoms with Gasteiger partial charge in [0.05, 0.1) is 16.1 Å². The normalized spacial score (nSPS) is 12.3. The van der Waals surface area contributed by atoms with Crippen LogP contribution < -0.4 is 0 Å². The fourth-order valence-corrected chi connectivity index (χ4v) is 2.38. The van der Waals surface area contributed by atoms with Crippen molar-refractivity contribution in [2.75, 3.05) is 0 Å². The van der Waals surface area contributed by atoms with E-state index in [1.165, 1.54) is 11.5 Å². The van der Waals surface area contributed by atoms with Crippen molar-refractivity contribution in [3.63, 3.8) is 0 Å². The van der Waals surface area contributed by atoms with Gasteiger partial charge in [-0.15, -0.1) is 0 Å². The van der Waals surface area contributed by atoms with Gasteiger partial charge in [-0.1, -0.05) is 23.4 Å². The van der Waals surface area contributed by atoms with Crippen molar-refractivity contribution in [2.45, 2.75) is 13.8 Å². The number of fused-ring (bicyclic) bond motifs is 1.